The normalized spacial score (nSPS) is 13.2. The first kappa shape index (κ1) is 25.3. The van der Waals surface area contributed by atoms with Crippen LogP contribution in [-0.2, 0) is 25.6 Å². The van der Waals surface area contributed by atoms with Crippen LogP contribution in [0.1, 0.15) is 59.4 Å². The summed E-state index contributed by atoms with van der Waals surface area (Å²) in [5, 5.41) is 4.99. The Morgan fingerprint density at radius 3 is 2.13 bits per heavy atom. The van der Waals surface area contributed by atoms with Gasteiger partial charge in [-0.2, -0.15) is 0 Å². The average Bonchev–Trinajstić information content (AvgIpc) is 2.64. The Kier molecular flexibility index (Phi) is 9.62. The van der Waals surface area contributed by atoms with E-state index in [-0.39, 0.29) is 13.0 Å². The highest BCUT2D eigenvalue weighted by molar-refractivity contribution is 5.89. The predicted octanol–water partition coefficient (Wildman–Crippen LogP) is 4.13. The molecule has 1 aromatic carbocycles. The second-order valence-corrected chi connectivity index (χ2v) is 8.50. The van der Waals surface area contributed by atoms with Crippen molar-refractivity contribution >= 4 is 18.2 Å². The van der Waals surface area contributed by atoms with Crippen molar-refractivity contribution in [2.24, 2.45) is 5.92 Å². The fourth-order valence-corrected chi connectivity index (χ4v) is 2.72. The van der Waals surface area contributed by atoms with Gasteiger partial charge >= 0.3 is 18.2 Å². The highest BCUT2D eigenvalue weighted by atomic mass is 16.6. The summed E-state index contributed by atoms with van der Waals surface area (Å²) in [4.78, 5) is 37.6. The summed E-state index contributed by atoms with van der Waals surface area (Å²) in [6.45, 7) is 9.21. The number of carbonyl (C=O) groups excluding carboxylic acids is 3. The van der Waals surface area contributed by atoms with Crippen LogP contribution < -0.4 is 10.6 Å². The van der Waals surface area contributed by atoms with E-state index in [0.717, 1.165) is 12.0 Å². The second kappa shape index (κ2) is 11.4. The molecule has 8 heteroatoms. The molecule has 8 nitrogen and oxygen atoms in total. The zero-order valence-corrected chi connectivity index (χ0v) is 18.7. The summed E-state index contributed by atoms with van der Waals surface area (Å²) in [7, 11) is 1.19. The number of carbonyl (C=O) groups is 3. The van der Waals surface area contributed by atoms with E-state index in [1.165, 1.54) is 7.11 Å². The monoisotopic (exact) mass is 422 g/mol. The summed E-state index contributed by atoms with van der Waals surface area (Å²) in [5.41, 5.74) is -1.80. The van der Waals surface area contributed by atoms with Gasteiger partial charge in [0.2, 0.25) is 5.66 Å². The lowest BCUT2D eigenvalue weighted by molar-refractivity contribution is -0.150. The standard InChI is InChI=1S/C22H34N2O6/c1-16(2)11-10-14-22(18(25)28-6,24-20(27)30-21(3,4)5)23-19(26)29-15-17-12-8-7-9-13-17/h7-9,12-13,16H,10-11,14-15H2,1-6H3,(H,23,26)(H,24,27). The highest BCUT2D eigenvalue weighted by Gasteiger charge is 2.44. The Morgan fingerprint density at radius 1 is 1.00 bits per heavy atom. The van der Waals surface area contributed by atoms with Crippen molar-refractivity contribution in [3.8, 4) is 0 Å². The summed E-state index contributed by atoms with van der Waals surface area (Å²) in [6, 6.07) is 9.12. The minimum absolute atomic E-state index is 0.0162. The van der Waals surface area contributed by atoms with E-state index >= 15 is 0 Å². The van der Waals surface area contributed by atoms with Gasteiger partial charge in [0.1, 0.15) is 12.2 Å². The van der Waals surface area contributed by atoms with Crippen LogP contribution in [-0.4, -0.2) is 36.5 Å². The van der Waals surface area contributed by atoms with Crippen LogP contribution in [0.4, 0.5) is 9.59 Å². The van der Waals surface area contributed by atoms with E-state index in [1.807, 2.05) is 44.2 Å². The molecule has 2 N–H and O–H groups in total. The largest absolute Gasteiger partial charge is 0.466 e. The Balaban J connectivity index is 2.99. The lowest BCUT2D eigenvalue weighted by Crippen LogP contribution is -2.66. The van der Waals surface area contributed by atoms with Crippen molar-refractivity contribution in [2.75, 3.05) is 7.11 Å². The quantitative estimate of drug-likeness (QED) is 0.352. The number of nitrogens with one attached hydrogen (secondary N) is 2. The lowest BCUT2D eigenvalue weighted by Gasteiger charge is -2.33. The van der Waals surface area contributed by atoms with E-state index in [9.17, 15) is 14.4 Å². The highest BCUT2D eigenvalue weighted by Crippen LogP contribution is 2.19. The molecule has 0 saturated heterocycles. The number of ether oxygens (including phenoxy) is 3. The van der Waals surface area contributed by atoms with Crippen LogP contribution in [0.15, 0.2) is 30.3 Å². The minimum Gasteiger partial charge on any atom is -0.466 e. The third-order valence-corrected chi connectivity index (χ3v) is 4.11. The SMILES string of the molecule is COC(=O)C(CCCC(C)C)(NC(=O)OCc1ccccc1)NC(=O)OC(C)(C)C. The van der Waals surface area contributed by atoms with Gasteiger partial charge in [-0.15, -0.1) is 0 Å². The van der Waals surface area contributed by atoms with Gasteiger partial charge in [-0.25, -0.2) is 14.4 Å². The van der Waals surface area contributed by atoms with E-state index in [4.69, 9.17) is 14.2 Å². The maximum atomic E-state index is 12.7. The molecule has 0 aliphatic rings. The molecule has 0 aliphatic carbocycles. The van der Waals surface area contributed by atoms with Crippen molar-refractivity contribution in [2.45, 2.75) is 71.8 Å². The molecule has 1 aromatic rings. The molecule has 0 fully saturated rings. The number of hydrogen-bond acceptors (Lipinski definition) is 6. The van der Waals surface area contributed by atoms with Gasteiger partial charge in [0, 0.05) is 6.42 Å². The number of hydrogen-bond donors (Lipinski definition) is 2. The first-order valence-electron chi connectivity index (χ1n) is 10.1. The van der Waals surface area contributed by atoms with Crippen molar-refractivity contribution in [3.05, 3.63) is 35.9 Å². The van der Waals surface area contributed by atoms with Gasteiger partial charge in [-0.3, -0.25) is 10.6 Å². The zero-order chi connectivity index (χ0) is 22.8. The summed E-state index contributed by atoms with van der Waals surface area (Å²) >= 11 is 0. The van der Waals surface area contributed by atoms with Crippen molar-refractivity contribution < 1.29 is 28.6 Å². The number of amides is 2. The molecule has 0 aliphatic heterocycles. The van der Waals surface area contributed by atoms with Crippen molar-refractivity contribution in [1.29, 1.82) is 0 Å². The molecule has 0 spiro atoms. The molecular weight excluding hydrogens is 388 g/mol. The average molecular weight is 423 g/mol. The van der Waals surface area contributed by atoms with Gasteiger partial charge in [0.15, 0.2) is 0 Å². The topological polar surface area (TPSA) is 103 Å². The maximum Gasteiger partial charge on any atom is 0.409 e. The maximum absolute atomic E-state index is 12.7. The molecule has 1 unspecified atom stereocenters. The van der Waals surface area contributed by atoms with Gasteiger partial charge in [0.05, 0.1) is 7.11 Å². The number of esters is 1. The number of benzene rings is 1. The fraction of sp³-hybridized carbons (Fsp3) is 0.591. The summed E-state index contributed by atoms with van der Waals surface area (Å²) in [5.74, 6) is -0.430. The fourth-order valence-electron chi connectivity index (χ4n) is 2.72. The van der Waals surface area contributed by atoms with Crippen LogP contribution in [0.5, 0.6) is 0 Å². The molecule has 30 heavy (non-hydrogen) atoms. The molecule has 0 heterocycles. The molecule has 0 radical (unpaired) electrons. The molecule has 1 rings (SSSR count). The van der Waals surface area contributed by atoms with Gasteiger partial charge in [-0.1, -0.05) is 50.6 Å². The third kappa shape index (κ3) is 9.15. The van der Waals surface area contributed by atoms with Gasteiger partial charge < -0.3 is 14.2 Å². The molecule has 1 atom stereocenters. The lowest BCUT2D eigenvalue weighted by atomic mass is 9.98. The molecule has 0 bridgehead atoms. The van der Waals surface area contributed by atoms with Crippen LogP contribution >= 0.6 is 0 Å². The Bertz CT molecular complexity index is 699. The Morgan fingerprint density at radius 2 is 1.60 bits per heavy atom. The Hall–Kier alpha value is -2.77. The van der Waals surface area contributed by atoms with E-state index in [2.05, 4.69) is 10.6 Å². The summed E-state index contributed by atoms with van der Waals surface area (Å²) < 4.78 is 15.4. The van der Waals surface area contributed by atoms with Crippen LogP contribution in [0, 0.1) is 5.92 Å². The molecular formula is C22H34N2O6. The number of methoxy groups -OCH3 is 1. The van der Waals surface area contributed by atoms with E-state index < -0.39 is 29.4 Å². The van der Waals surface area contributed by atoms with Crippen LogP contribution in [0.2, 0.25) is 0 Å². The first-order valence-corrected chi connectivity index (χ1v) is 10.1. The molecule has 0 saturated carbocycles. The van der Waals surface area contributed by atoms with Gasteiger partial charge in [-0.05, 0) is 38.7 Å². The van der Waals surface area contributed by atoms with Crippen molar-refractivity contribution in [1.82, 2.24) is 10.6 Å². The van der Waals surface area contributed by atoms with Crippen LogP contribution in [0.25, 0.3) is 0 Å². The first-order chi connectivity index (χ1) is 14.0. The van der Waals surface area contributed by atoms with E-state index in [1.54, 1.807) is 20.8 Å². The Labute approximate surface area is 178 Å². The molecule has 0 aromatic heterocycles. The second-order valence-electron chi connectivity index (χ2n) is 8.50. The number of rotatable bonds is 9. The minimum atomic E-state index is -1.81. The van der Waals surface area contributed by atoms with E-state index in [0.29, 0.717) is 12.3 Å². The zero-order valence-electron chi connectivity index (χ0n) is 18.7. The predicted molar refractivity (Wildman–Crippen MR) is 113 cm³/mol. The molecule has 168 valence electrons. The number of alkyl carbamates (subject to hydrolysis) is 2. The summed E-state index contributed by atoms with van der Waals surface area (Å²) in [6.07, 6.45) is -0.236. The van der Waals surface area contributed by atoms with Crippen LogP contribution in [0.3, 0.4) is 0 Å². The smallest absolute Gasteiger partial charge is 0.409 e. The van der Waals surface area contributed by atoms with Crippen molar-refractivity contribution in [3.63, 3.8) is 0 Å². The molecule has 2 amide bonds. The third-order valence-electron chi connectivity index (χ3n) is 4.11. The van der Waals surface area contributed by atoms with Gasteiger partial charge in [0.25, 0.3) is 0 Å².